The van der Waals surface area contributed by atoms with Gasteiger partial charge in [-0.25, -0.2) is 0 Å². The molecule has 1 aromatic carbocycles. The van der Waals surface area contributed by atoms with Crippen LogP contribution in [-0.2, 0) is 5.75 Å². The summed E-state index contributed by atoms with van der Waals surface area (Å²) in [5, 5.41) is 9.44. The highest BCUT2D eigenvalue weighted by Gasteiger charge is 2.25. The Morgan fingerprint density at radius 1 is 1.59 bits per heavy atom. The summed E-state index contributed by atoms with van der Waals surface area (Å²) in [5.74, 6) is 0.952. The second kappa shape index (κ2) is 5.56. The van der Waals surface area contributed by atoms with Crippen LogP contribution in [0.25, 0.3) is 0 Å². The molecular formula is C13H17NO2S. The van der Waals surface area contributed by atoms with E-state index < -0.39 is 0 Å². The molecule has 0 aromatic heterocycles. The molecule has 1 amide bonds. The number of carbonyl (C=O) groups excluding carboxylic acids is 1. The van der Waals surface area contributed by atoms with Crippen LogP contribution >= 0.6 is 11.8 Å². The van der Waals surface area contributed by atoms with E-state index in [1.54, 1.807) is 16.7 Å². The summed E-state index contributed by atoms with van der Waals surface area (Å²) < 4.78 is 0. The number of aliphatic hydroxyl groups excluding tert-OH is 1. The van der Waals surface area contributed by atoms with Crippen LogP contribution in [0.5, 0.6) is 0 Å². The molecule has 17 heavy (non-hydrogen) atoms. The molecule has 1 aromatic rings. The van der Waals surface area contributed by atoms with Gasteiger partial charge in [0.25, 0.3) is 5.91 Å². The first kappa shape index (κ1) is 12.5. The number of amides is 1. The van der Waals surface area contributed by atoms with E-state index in [4.69, 9.17) is 0 Å². The monoisotopic (exact) mass is 251 g/mol. The fourth-order valence-corrected chi connectivity index (χ4v) is 2.58. The highest BCUT2D eigenvalue weighted by Crippen LogP contribution is 2.16. The van der Waals surface area contributed by atoms with E-state index in [1.165, 1.54) is 5.56 Å². The molecule has 0 unspecified atom stereocenters. The van der Waals surface area contributed by atoms with Crippen molar-refractivity contribution in [1.82, 2.24) is 4.90 Å². The van der Waals surface area contributed by atoms with Crippen LogP contribution in [0.2, 0.25) is 0 Å². The van der Waals surface area contributed by atoms with Crippen molar-refractivity contribution in [3.05, 3.63) is 35.4 Å². The summed E-state index contributed by atoms with van der Waals surface area (Å²) in [4.78, 5) is 13.9. The van der Waals surface area contributed by atoms with Crippen LogP contribution in [0, 0.1) is 0 Å². The Morgan fingerprint density at radius 2 is 2.41 bits per heavy atom. The summed E-state index contributed by atoms with van der Waals surface area (Å²) in [6.07, 6.45) is 2.38. The van der Waals surface area contributed by atoms with Gasteiger partial charge in [-0.05, 0) is 30.4 Å². The average Bonchev–Trinajstić information content (AvgIpc) is 2.76. The van der Waals surface area contributed by atoms with Gasteiger partial charge < -0.3 is 10.0 Å². The minimum atomic E-state index is -0.353. The maximum absolute atomic E-state index is 12.2. The first-order valence-corrected chi connectivity index (χ1v) is 7.15. The summed E-state index contributed by atoms with van der Waals surface area (Å²) in [7, 11) is 0. The third kappa shape index (κ3) is 3.01. The molecule has 1 aliphatic heterocycles. The lowest BCUT2D eigenvalue weighted by Crippen LogP contribution is -2.29. The number of hydrogen-bond donors (Lipinski definition) is 1. The summed E-state index contributed by atoms with van der Waals surface area (Å²) in [5.41, 5.74) is 1.90. The van der Waals surface area contributed by atoms with Crippen LogP contribution in [0.4, 0.5) is 0 Å². The zero-order chi connectivity index (χ0) is 12.3. The number of hydrogen-bond acceptors (Lipinski definition) is 3. The summed E-state index contributed by atoms with van der Waals surface area (Å²) in [6.45, 7) is 1.12. The maximum Gasteiger partial charge on any atom is 0.253 e. The lowest BCUT2D eigenvalue weighted by Gasteiger charge is -2.15. The summed E-state index contributed by atoms with van der Waals surface area (Å²) in [6, 6.07) is 7.75. The van der Waals surface area contributed by atoms with Crippen LogP contribution in [0.3, 0.4) is 0 Å². The standard InChI is InChI=1S/C13H17NO2S/c1-17-9-10-3-2-4-11(7-10)13(16)14-6-5-12(15)8-14/h2-4,7,12,15H,5-6,8-9H2,1H3/t12-/m1/s1. The SMILES string of the molecule is CSCc1cccc(C(=O)N2CC[C@@H](O)C2)c1. The van der Waals surface area contributed by atoms with E-state index >= 15 is 0 Å². The number of benzene rings is 1. The van der Waals surface area contributed by atoms with Crippen LogP contribution in [-0.4, -0.2) is 41.4 Å². The molecule has 92 valence electrons. The molecule has 0 radical (unpaired) electrons. The molecule has 3 nitrogen and oxygen atoms in total. The molecule has 1 aliphatic rings. The van der Waals surface area contributed by atoms with Gasteiger partial charge in [0.1, 0.15) is 0 Å². The largest absolute Gasteiger partial charge is 0.391 e. The molecule has 0 spiro atoms. The number of likely N-dealkylation sites (tertiary alicyclic amines) is 1. The number of nitrogens with zero attached hydrogens (tertiary/aromatic N) is 1. The Balaban J connectivity index is 2.10. The number of β-amino-alcohol motifs (C(OH)–C–C–N with tert-alkyl or cyclic N) is 1. The zero-order valence-corrected chi connectivity index (χ0v) is 10.7. The highest BCUT2D eigenvalue weighted by atomic mass is 32.2. The van der Waals surface area contributed by atoms with Crippen LogP contribution in [0.15, 0.2) is 24.3 Å². The maximum atomic E-state index is 12.2. The van der Waals surface area contributed by atoms with Crippen molar-refractivity contribution >= 4 is 17.7 Å². The van der Waals surface area contributed by atoms with Gasteiger partial charge in [-0.1, -0.05) is 12.1 Å². The fourth-order valence-electron chi connectivity index (χ4n) is 2.07. The lowest BCUT2D eigenvalue weighted by molar-refractivity contribution is 0.0765. The molecule has 1 saturated heterocycles. The van der Waals surface area contributed by atoms with E-state index in [1.807, 2.05) is 30.5 Å². The molecular weight excluding hydrogens is 234 g/mol. The lowest BCUT2D eigenvalue weighted by atomic mass is 10.1. The normalized spacial score (nSPS) is 19.6. The molecule has 0 aliphatic carbocycles. The van der Waals surface area contributed by atoms with Gasteiger partial charge in [-0.15, -0.1) is 0 Å². The smallest absolute Gasteiger partial charge is 0.253 e. The van der Waals surface area contributed by atoms with Gasteiger partial charge in [-0.3, -0.25) is 4.79 Å². The molecule has 1 atom stereocenters. The van der Waals surface area contributed by atoms with E-state index in [0.717, 1.165) is 11.3 Å². The van der Waals surface area contributed by atoms with Crippen LogP contribution < -0.4 is 0 Å². The van der Waals surface area contributed by atoms with Crippen molar-refractivity contribution in [2.24, 2.45) is 0 Å². The minimum Gasteiger partial charge on any atom is -0.391 e. The Bertz CT molecular complexity index is 408. The molecule has 0 bridgehead atoms. The van der Waals surface area contributed by atoms with Gasteiger partial charge in [-0.2, -0.15) is 11.8 Å². The number of rotatable bonds is 3. The van der Waals surface area contributed by atoms with E-state index in [9.17, 15) is 9.90 Å². The molecule has 1 heterocycles. The van der Waals surface area contributed by atoms with Crippen molar-refractivity contribution < 1.29 is 9.90 Å². The Morgan fingerprint density at radius 3 is 3.06 bits per heavy atom. The zero-order valence-electron chi connectivity index (χ0n) is 9.93. The minimum absolute atomic E-state index is 0.0319. The quantitative estimate of drug-likeness (QED) is 0.890. The van der Waals surface area contributed by atoms with Crippen molar-refractivity contribution in [3.8, 4) is 0 Å². The third-order valence-corrected chi connectivity index (χ3v) is 3.56. The van der Waals surface area contributed by atoms with Gasteiger partial charge in [0.2, 0.25) is 0 Å². The summed E-state index contributed by atoms with van der Waals surface area (Å²) >= 11 is 1.74. The Hall–Kier alpha value is -1.00. The second-order valence-electron chi connectivity index (χ2n) is 4.33. The number of thioether (sulfide) groups is 1. The van der Waals surface area contributed by atoms with Gasteiger partial charge in [0, 0.05) is 24.4 Å². The number of aliphatic hydroxyl groups is 1. The first-order valence-electron chi connectivity index (χ1n) is 5.76. The van der Waals surface area contributed by atoms with E-state index in [2.05, 4.69) is 0 Å². The number of carbonyl (C=O) groups is 1. The molecule has 1 N–H and O–H groups in total. The van der Waals surface area contributed by atoms with Gasteiger partial charge in [0.15, 0.2) is 0 Å². The Labute approximate surface area is 106 Å². The molecule has 2 rings (SSSR count). The third-order valence-electron chi connectivity index (χ3n) is 2.94. The topological polar surface area (TPSA) is 40.5 Å². The van der Waals surface area contributed by atoms with E-state index in [-0.39, 0.29) is 12.0 Å². The van der Waals surface area contributed by atoms with Crippen molar-refractivity contribution in [2.75, 3.05) is 19.3 Å². The Kier molecular flexibility index (Phi) is 4.07. The fraction of sp³-hybridized carbons (Fsp3) is 0.462. The first-order chi connectivity index (χ1) is 8.20. The molecule has 0 saturated carbocycles. The van der Waals surface area contributed by atoms with Gasteiger partial charge >= 0.3 is 0 Å². The van der Waals surface area contributed by atoms with Crippen molar-refractivity contribution in [1.29, 1.82) is 0 Å². The predicted molar refractivity (Wildman–Crippen MR) is 70.2 cm³/mol. The van der Waals surface area contributed by atoms with Crippen molar-refractivity contribution in [3.63, 3.8) is 0 Å². The van der Waals surface area contributed by atoms with Crippen molar-refractivity contribution in [2.45, 2.75) is 18.3 Å². The van der Waals surface area contributed by atoms with Gasteiger partial charge in [0.05, 0.1) is 6.10 Å². The molecule has 1 fully saturated rings. The average molecular weight is 251 g/mol. The second-order valence-corrected chi connectivity index (χ2v) is 5.19. The van der Waals surface area contributed by atoms with E-state index in [0.29, 0.717) is 19.5 Å². The molecule has 4 heteroatoms. The highest BCUT2D eigenvalue weighted by molar-refractivity contribution is 7.97. The predicted octanol–water partition coefficient (Wildman–Crippen LogP) is 1.76. The van der Waals surface area contributed by atoms with Crippen LogP contribution in [0.1, 0.15) is 22.3 Å².